The van der Waals surface area contributed by atoms with Crippen LogP contribution in [0.1, 0.15) is 37.8 Å². The highest BCUT2D eigenvalue weighted by molar-refractivity contribution is 5.85. The largest absolute Gasteiger partial charge is 0.507 e. The van der Waals surface area contributed by atoms with Crippen molar-refractivity contribution in [2.24, 2.45) is 5.92 Å². The predicted octanol–water partition coefficient (Wildman–Crippen LogP) is 4.18. The van der Waals surface area contributed by atoms with Crippen LogP contribution in [0.2, 0.25) is 0 Å². The molecule has 3 rings (SSSR count). The van der Waals surface area contributed by atoms with E-state index < -0.39 is 17.5 Å². The quantitative estimate of drug-likeness (QED) is 0.582. The van der Waals surface area contributed by atoms with Crippen molar-refractivity contribution in [1.29, 1.82) is 0 Å². The molecule has 1 aromatic heterocycles. The Hall–Kier alpha value is -2.92. The van der Waals surface area contributed by atoms with Crippen LogP contribution in [0.25, 0.3) is 11.0 Å². The van der Waals surface area contributed by atoms with Gasteiger partial charge >= 0.3 is 5.63 Å². The van der Waals surface area contributed by atoms with Crippen LogP contribution in [0.15, 0.2) is 63.8 Å². The van der Waals surface area contributed by atoms with Gasteiger partial charge in [-0.2, -0.15) is 0 Å². The number of benzene rings is 2. The van der Waals surface area contributed by atoms with Crippen LogP contribution in [0.4, 0.5) is 0 Å². The summed E-state index contributed by atoms with van der Waals surface area (Å²) in [7, 11) is 0. The molecule has 0 bridgehead atoms. The number of Topliss-reactive ketones (excluding diaryl/α,β-unsaturated/α-hetero) is 1. The normalized spacial score (nSPS) is 13.5. The van der Waals surface area contributed by atoms with Gasteiger partial charge in [-0.3, -0.25) is 4.79 Å². The van der Waals surface area contributed by atoms with Gasteiger partial charge in [0.05, 0.1) is 10.9 Å². The number of carbonyl (C=O) groups excluding carboxylic acids is 1. The Bertz CT molecular complexity index is 1040. The SMILES string of the molecule is CCN(CC)C[C@H](C(C)=O)[C@H](c1ccccc1)c1c(O)c2ccccc2oc1=O. The van der Waals surface area contributed by atoms with Crippen molar-refractivity contribution >= 4 is 16.8 Å². The van der Waals surface area contributed by atoms with Crippen molar-refractivity contribution < 1.29 is 14.3 Å². The van der Waals surface area contributed by atoms with E-state index in [1.165, 1.54) is 0 Å². The van der Waals surface area contributed by atoms with Crippen molar-refractivity contribution in [2.45, 2.75) is 26.7 Å². The lowest BCUT2D eigenvalue weighted by atomic mass is 9.78. The van der Waals surface area contributed by atoms with Crippen LogP contribution in [0.3, 0.4) is 0 Å². The average Bonchev–Trinajstić information content (AvgIpc) is 2.73. The molecule has 29 heavy (non-hydrogen) atoms. The standard InChI is InChI=1S/C24H27NO4/c1-4-25(5-2)15-19(16(3)26)21(17-11-7-6-8-12-17)22-23(27)18-13-9-10-14-20(18)29-24(22)28/h6-14,19,21,27H,4-5,15H2,1-3H3/t19-,21+/m1/s1. The summed E-state index contributed by atoms with van der Waals surface area (Å²) in [5.41, 5.74) is 0.662. The van der Waals surface area contributed by atoms with Gasteiger partial charge in [-0.1, -0.05) is 56.3 Å². The maximum absolute atomic E-state index is 13.0. The minimum atomic E-state index is -0.610. The highest BCUT2D eigenvalue weighted by Crippen LogP contribution is 2.39. The lowest BCUT2D eigenvalue weighted by Gasteiger charge is -2.30. The Morgan fingerprint density at radius 3 is 2.28 bits per heavy atom. The van der Waals surface area contributed by atoms with Gasteiger partial charge in [0.1, 0.15) is 17.1 Å². The first-order valence-electron chi connectivity index (χ1n) is 10.00. The van der Waals surface area contributed by atoms with Crippen LogP contribution in [-0.4, -0.2) is 35.4 Å². The zero-order valence-electron chi connectivity index (χ0n) is 17.1. The number of ketones is 1. The van der Waals surface area contributed by atoms with E-state index in [1.807, 2.05) is 44.2 Å². The summed E-state index contributed by atoms with van der Waals surface area (Å²) in [6.45, 7) is 7.71. The Balaban J connectivity index is 2.25. The van der Waals surface area contributed by atoms with Gasteiger partial charge in [0, 0.05) is 18.4 Å². The Labute approximate surface area is 170 Å². The summed E-state index contributed by atoms with van der Waals surface area (Å²) < 4.78 is 5.52. The molecule has 1 heterocycles. The zero-order valence-corrected chi connectivity index (χ0v) is 17.1. The average molecular weight is 393 g/mol. The van der Waals surface area contributed by atoms with Gasteiger partial charge in [0.2, 0.25) is 0 Å². The van der Waals surface area contributed by atoms with E-state index in [9.17, 15) is 14.7 Å². The molecule has 3 aromatic rings. The number of aromatic hydroxyl groups is 1. The van der Waals surface area contributed by atoms with Gasteiger partial charge in [-0.15, -0.1) is 0 Å². The third-order valence-corrected chi connectivity index (χ3v) is 5.56. The molecule has 0 saturated heterocycles. The number of carbonyl (C=O) groups is 1. The number of hydrogen-bond acceptors (Lipinski definition) is 5. The number of hydrogen-bond donors (Lipinski definition) is 1. The van der Waals surface area contributed by atoms with Gasteiger partial charge in [0.25, 0.3) is 0 Å². The smallest absolute Gasteiger partial charge is 0.343 e. The molecule has 0 amide bonds. The summed E-state index contributed by atoms with van der Waals surface area (Å²) in [6, 6.07) is 16.3. The number of para-hydroxylation sites is 1. The molecule has 152 valence electrons. The first-order valence-corrected chi connectivity index (χ1v) is 10.00. The molecule has 1 N–H and O–H groups in total. The number of fused-ring (bicyclic) bond motifs is 1. The molecular formula is C24H27NO4. The number of nitrogens with zero attached hydrogens (tertiary/aromatic N) is 1. The summed E-state index contributed by atoms with van der Waals surface area (Å²) in [5.74, 6) is -1.24. The van der Waals surface area contributed by atoms with Gasteiger partial charge in [0.15, 0.2) is 0 Å². The third kappa shape index (κ3) is 4.25. The van der Waals surface area contributed by atoms with Crippen molar-refractivity contribution in [3.63, 3.8) is 0 Å². The molecule has 5 nitrogen and oxygen atoms in total. The highest BCUT2D eigenvalue weighted by Gasteiger charge is 2.35. The molecular weight excluding hydrogens is 366 g/mol. The van der Waals surface area contributed by atoms with E-state index in [1.54, 1.807) is 31.2 Å². The molecule has 0 radical (unpaired) electrons. The maximum Gasteiger partial charge on any atom is 0.343 e. The van der Waals surface area contributed by atoms with E-state index in [-0.39, 0.29) is 17.1 Å². The fourth-order valence-corrected chi connectivity index (χ4v) is 3.91. The van der Waals surface area contributed by atoms with Crippen LogP contribution < -0.4 is 5.63 Å². The van der Waals surface area contributed by atoms with Gasteiger partial charge in [-0.05, 0) is 37.7 Å². The van der Waals surface area contributed by atoms with Crippen LogP contribution in [-0.2, 0) is 4.79 Å². The predicted molar refractivity (Wildman–Crippen MR) is 114 cm³/mol. The minimum Gasteiger partial charge on any atom is -0.507 e. The van der Waals surface area contributed by atoms with E-state index in [0.717, 1.165) is 18.7 Å². The first kappa shape index (κ1) is 20.8. The number of rotatable bonds is 8. The molecule has 0 aliphatic carbocycles. The van der Waals surface area contributed by atoms with Gasteiger partial charge < -0.3 is 14.4 Å². The van der Waals surface area contributed by atoms with Crippen LogP contribution >= 0.6 is 0 Å². The van der Waals surface area contributed by atoms with Crippen molar-refractivity contribution in [2.75, 3.05) is 19.6 Å². The minimum absolute atomic E-state index is 0.0299. The topological polar surface area (TPSA) is 70.8 Å². The monoisotopic (exact) mass is 393 g/mol. The molecule has 0 aliphatic rings. The zero-order chi connectivity index (χ0) is 21.0. The molecule has 0 saturated carbocycles. The Morgan fingerprint density at radius 2 is 1.66 bits per heavy atom. The first-order chi connectivity index (χ1) is 14.0. The summed E-state index contributed by atoms with van der Waals surface area (Å²) in [6.07, 6.45) is 0. The molecule has 5 heteroatoms. The van der Waals surface area contributed by atoms with Gasteiger partial charge in [-0.25, -0.2) is 4.79 Å². The second kappa shape index (κ2) is 9.05. The van der Waals surface area contributed by atoms with E-state index >= 15 is 0 Å². The molecule has 0 spiro atoms. The Kier molecular flexibility index (Phi) is 6.49. The fraction of sp³-hybridized carbons (Fsp3) is 0.333. The third-order valence-electron chi connectivity index (χ3n) is 5.56. The second-order valence-electron chi connectivity index (χ2n) is 7.24. The highest BCUT2D eigenvalue weighted by atomic mass is 16.4. The van der Waals surface area contributed by atoms with Crippen molar-refractivity contribution in [1.82, 2.24) is 4.90 Å². The summed E-state index contributed by atoms with van der Waals surface area (Å²) in [5, 5.41) is 11.5. The molecule has 2 atom stereocenters. The lowest BCUT2D eigenvalue weighted by Crippen LogP contribution is -2.37. The lowest BCUT2D eigenvalue weighted by molar-refractivity contribution is -0.121. The second-order valence-corrected chi connectivity index (χ2v) is 7.24. The summed E-state index contributed by atoms with van der Waals surface area (Å²) in [4.78, 5) is 27.9. The molecule has 2 aromatic carbocycles. The fourth-order valence-electron chi connectivity index (χ4n) is 3.91. The summed E-state index contributed by atoms with van der Waals surface area (Å²) >= 11 is 0. The van der Waals surface area contributed by atoms with Crippen molar-refractivity contribution in [3.8, 4) is 5.75 Å². The molecule has 0 unspecified atom stereocenters. The van der Waals surface area contributed by atoms with E-state index in [4.69, 9.17) is 4.42 Å². The van der Waals surface area contributed by atoms with Crippen LogP contribution in [0.5, 0.6) is 5.75 Å². The van der Waals surface area contributed by atoms with Crippen molar-refractivity contribution in [3.05, 3.63) is 76.1 Å². The molecule has 0 fully saturated rings. The maximum atomic E-state index is 13.0. The van der Waals surface area contributed by atoms with Crippen LogP contribution in [0, 0.1) is 5.92 Å². The Morgan fingerprint density at radius 1 is 1.03 bits per heavy atom. The van der Waals surface area contributed by atoms with E-state index in [0.29, 0.717) is 17.5 Å². The van der Waals surface area contributed by atoms with E-state index in [2.05, 4.69) is 4.90 Å². The molecule has 0 aliphatic heterocycles.